The molecule has 0 amide bonds. The molecule has 0 N–H and O–H groups in total. The van der Waals surface area contributed by atoms with E-state index in [-0.39, 0.29) is 40.2 Å². The summed E-state index contributed by atoms with van der Waals surface area (Å²) in [5, 5.41) is 0. The maximum atomic E-state index is 12.0. The van der Waals surface area contributed by atoms with E-state index in [0.717, 1.165) is 0 Å². The van der Waals surface area contributed by atoms with Crippen molar-refractivity contribution >= 4 is 16.9 Å². The number of rotatable bonds is 3. The molecule has 0 aromatic heterocycles. The second-order valence-electron chi connectivity index (χ2n) is 3.45. The van der Waals surface area contributed by atoms with Gasteiger partial charge >= 0.3 is 29.6 Å². The van der Waals surface area contributed by atoms with Crippen LogP contribution in [0.5, 0.6) is 0 Å². The van der Waals surface area contributed by atoms with Crippen LogP contribution in [0, 0.1) is 0 Å². The van der Waals surface area contributed by atoms with Gasteiger partial charge in [0.15, 0.2) is 5.78 Å². The average Bonchev–Trinajstić information content (AvgIpc) is 2.39. The van der Waals surface area contributed by atoms with Gasteiger partial charge in [-0.25, -0.2) is 0 Å². The number of hydrogen-bond acceptors (Lipinski definition) is 3. The van der Waals surface area contributed by atoms with Crippen molar-refractivity contribution < 1.29 is 43.1 Å². The Balaban J connectivity index is 0.00000162. The largest absolute Gasteiger partial charge is 1.00 e. The van der Waals surface area contributed by atoms with Crippen LogP contribution in [-0.2, 0) is 11.1 Å². The molecule has 0 aliphatic carbocycles. The Hall–Kier alpha value is -0.780. The molecule has 2 rings (SSSR count). The molecule has 0 aliphatic rings. The molecule has 0 fully saturated rings. The van der Waals surface area contributed by atoms with Gasteiger partial charge in [-0.15, -0.1) is 0 Å². The molecule has 0 radical (unpaired) electrons. The fraction of sp³-hybridized carbons (Fsp3) is 0. The van der Waals surface area contributed by atoms with Crippen molar-refractivity contribution in [2.24, 2.45) is 0 Å². The van der Waals surface area contributed by atoms with Crippen molar-refractivity contribution in [1.29, 1.82) is 0 Å². The predicted molar refractivity (Wildman–Crippen MR) is 63.5 cm³/mol. The zero-order valence-corrected chi connectivity index (χ0v) is 12.6. The Morgan fingerprint density at radius 1 is 0.889 bits per heavy atom. The minimum absolute atomic E-state index is 0. The van der Waals surface area contributed by atoms with Crippen LogP contribution in [0.15, 0.2) is 59.5 Å². The molecular weight excluding hydrogens is 259 g/mol. The summed E-state index contributed by atoms with van der Waals surface area (Å²) >= 11 is -2.26. The first-order chi connectivity index (χ1) is 8.18. The van der Waals surface area contributed by atoms with Crippen LogP contribution < -0.4 is 29.6 Å². The average molecular weight is 268 g/mol. The van der Waals surface area contributed by atoms with Crippen LogP contribution in [0.1, 0.15) is 15.9 Å². The minimum Gasteiger partial charge on any atom is -0.768 e. The quantitative estimate of drug-likeness (QED) is 0.414. The fourth-order valence-electron chi connectivity index (χ4n) is 1.47. The Morgan fingerprint density at radius 3 is 1.89 bits per heavy atom. The van der Waals surface area contributed by atoms with Gasteiger partial charge in [0.05, 0.1) is 0 Å². The minimum atomic E-state index is -2.26. The van der Waals surface area contributed by atoms with E-state index in [2.05, 4.69) is 0 Å². The summed E-state index contributed by atoms with van der Waals surface area (Å²) in [5.41, 5.74) is 1.06. The van der Waals surface area contributed by atoms with E-state index in [1.165, 1.54) is 24.3 Å². The van der Waals surface area contributed by atoms with Crippen LogP contribution in [0.3, 0.4) is 0 Å². The Labute approximate surface area is 130 Å². The Bertz CT molecular complexity index is 552. The summed E-state index contributed by atoms with van der Waals surface area (Å²) in [6.45, 7) is 0. The van der Waals surface area contributed by atoms with E-state index in [1.807, 2.05) is 6.07 Å². The molecule has 1 atom stereocenters. The van der Waals surface area contributed by atoms with Gasteiger partial charge in [0, 0.05) is 16.0 Å². The molecule has 0 saturated heterocycles. The molecule has 1 unspecified atom stereocenters. The van der Waals surface area contributed by atoms with E-state index < -0.39 is 11.1 Å². The maximum Gasteiger partial charge on any atom is 1.00 e. The first-order valence-electron chi connectivity index (χ1n) is 4.97. The van der Waals surface area contributed by atoms with Crippen LogP contribution in [0.25, 0.3) is 0 Å². The van der Waals surface area contributed by atoms with Gasteiger partial charge in [-0.1, -0.05) is 30.3 Å². The summed E-state index contributed by atoms with van der Waals surface area (Å²) in [7, 11) is 0. The third kappa shape index (κ3) is 3.60. The number of hydrogen-bond donors (Lipinski definition) is 0. The molecule has 0 spiro atoms. The first-order valence-corrected chi connectivity index (χ1v) is 6.05. The van der Waals surface area contributed by atoms with Gasteiger partial charge in [-0.05, 0) is 35.3 Å². The molecule has 2 aromatic carbocycles. The molecule has 3 nitrogen and oxygen atoms in total. The first kappa shape index (κ1) is 15.3. The molecule has 18 heavy (non-hydrogen) atoms. The van der Waals surface area contributed by atoms with E-state index in [0.29, 0.717) is 11.1 Å². The number of ketones is 1. The maximum absolute atomic E-state index is 12.0. The predicted octanol–water partition coefficient (Wildman–Crippen LogP) is -0.840. The third-order valence-corrected chi connectivity index (χ3v) is 3.00. The van der Waals surface area contributed by atoms with Crippen molar-refractivity contribution in [3.8, 4) is 0 Å². The van der Waals surface area contributed by atoms with Crippen molar-refractivity contribution in [2.75, 3.05) is 0 Å². The molecule has 2 aromatic rings. The number of benzene rings is 2. The molecule has 5 heteroatoms. The van der Waals surface area contributed by atoms with Gasteiger partial charge in [-0.2, -0.15) is 0 Å². The van der Waals surface area contributed by atoms with E-state index in [9.17, 15) is 13.6 Å². The second kappa shape index (κ2) is 6.97. The Morgan fingerprint density at radius 2 is 1.39 bits per heavy atom. The Kier molecular flexibility index (Phi) is 5.91. The van der Waals surface area contributed by atoms with Crippen molar-refractivity contribution in [2.45, 2.75) is 4.90 Å². The molecule has 0 aliphatic heterocycles. The summed E-state index contributed by atoms with van der Waals surface area (Å²) in [6.07, 6.45) is 0. The smallest absolute Gasteiger partial charge is 0.768 e. The monoisotopic (exact) mass is 268 g/mol. The van der Waals surface area contributed by atoms with Crippen LogP contribution in [-0.4, -0.2) is 14.5 Å². The molecule has 86 valence electrons. The van der Waals surface area contributed by atoms with E-state index in [1.54, 1.807) is 24.3 Å². The number of carbonyl (C=O) groups excluding carboxylic acids is 1. The van der Waals surface area contributed by atoms with Crippen LogP contribution >= 0.6 is 0 Å². The van der Waals surface area contributed by atoms with Gasteiger partial charge in [-0.3, -0.25) is 9.00 Å². The standard InChI is InChI=1S/C13H10O3S.Na/c14-13(10-4-2-1-3-5-10)11-6-8-12(9-7-11)17(15)16;/h1-9H,(H,15,16);/q;+1/p-1. The number of carbonyl (C=O) groups is 1. The molecule has 0 bridgehead atoms. The zero-order valence-electron chi connectivity index (χ0n) is 9.83. The topological polar surface area (TPSA) is 57.2 Å². The molecule has 0 saturated carbocycles. The van der Waals surface area contributed by atoms with Crippen molar-refractivity contribution in [3.05, 3.63) is 65.7 Å². The normalized spacial score (nSPS) is 11.4. The van der Waals surface area contributed by atoms with Gasteiger partial charge < -0.3 is 4.55 Å². The summed E-state index contributed by atoms with van der Waals surface area (Å²) in [4.78, 5) is 12.1. The van der Waals surface area contributed by atoms with Gasteiger partial charge in [0.2, 0.25) is 0 Å². The molecular formula is C13H9NaO3S. The zero-order chi connectivity index (χ0) is 12.3. The van der Waals surface area contributed by atoms with E-state index >= 15 is 0 Å². The van der Waals surface area contributed by atoms with Gasteiger partial charge in [0.1, 0.15) is 0 Å². The fourth-order valence-corrected chi connectivity index (χ4v) is 1.83. The third-order valence-electron chi connectivity index (χ3n) is 2.34. The van der Waals surface area contributed by atoms with Crippen LogP contribution in [0.2, 0.25) is 0 Å². The van der Waals surface area contributed by atoms with E-state index in [4.69, 9.17) is 0 Å². The summed E-state index contributed by atoms with van der Waals surface area (Å²) in [5.74, 6) is -0.117. The summed E-state index contributed by atoms with van der Waals surface area (Å²) in [6, 6.07) is 14.7. The van der Waals surface area contributed by atoms with Crippen molar-refractivity contribution in [3.63, 3.8) is 0 Å². The van der Waals surface area contributed by atoms with Crippen molar-refractivity contribution in [1.82, 2.24) is 0 Å². The second-order valence-corrected chi connectivity index (χ2v) is 4.40. The molecule has 0 heterocycles. The SMILES string of the molecule is O=C(c1ccccc1)c1ccc(S(=O)[O-])cc1.[Na+]. The van der Waals surface area contributed by atoms with Crippen LogP contribution in [0.4, 0.5) is 0 Å². The van der Waals surface area contributed by atoms with Gasteiger partial charge in [0.25, 0.3) is 0 Å². The summed E-state index contributed by atoms with van der Waals surface area (Å²) < 4.78 is 21.3.